The average Bonchev–Trinajstić information content (AvgIpc) is 3.02. The molecule has 0 aliphatic carbocycles. The molecule has 0 unspecified atom stereocenters. The molecule has 230 valence electrons. The molecule has 8 nitrogen and oxygen atoms in total. The normalized spacial score (nSPS) is 13.6. The number of benzene rings is 3. The lowest BCUT2D eigenvalue weighted by Crippen LogP contribution is -2.50. The molecule has 0 aromatic heterocycles. The molecule has 1 heterocycles. The fourth-order valence-corrected chi connectivity index (χ4v) is 5.14. The number of ether oxygens (including phenoxy) is 2. The highest BCUT2D eigenvalue weighted by atomic mass is 19.1. The zero-order chi connectivity index (χ0) is 30.8. The van der Waals surface area contributed by atoms with Crippen LogP contribution in [0.1, 0.15) is 50.9 Å². The van der Waals surface area contributed by atoms with Gasteiger partial charge < -0.3 is 24.6 Å². The number of rotatable bonds is 12. The number of hydrogen-bond donors (Lipinski definition) is 1. The SMILES string of the molecule is CCC(CC)CN1CCN(C(=O)Nc2cc(Oc3ccc(F)cc3)cc(Oc3ccc(C(=O)N(CC)CC)cc3)c2)CC1. The van der Waals surface area contributed by atoms with Crippen LogP contribution in [0.15, 0.2) is 66.7 Å². The van der Waals surface area contributed by atoms with E-state index in [1.54, 1.807) is 47.4 Å². The molecule has 0 radical (unpaired) electrons. The van der Waals surface area contributed by atoms with Crippen LogP contribution in [-0.4, -0.2) is 72.5 Å². The fourth-order valence-electron chi connectivity index (χ4n) is 5.14. The van der Waals surface area contributed by atoms with E-state index >= 15 is 0 Å². The molecule has 43 heavy (non-hydrogen) atoms. The first-order valence-electron chi connectivity index (χ1n) is 15.3. The van der Waals surface area contributed by atoms with Crippen molar-refractivity contribution in [3.63, 3.8) is 0 Å². The Kier molecular flexibility index (Phi) is 11.4. The van der Waals surface area contributed by atoms with Crippen LogP contribution in [0, 0.1) is 11.7 Å². The van der Waals surface area contributed by atoms with Crippen molar-refractivity contribution in [1.82, 2.24) is 14.7 Å². The molecular formula is C34H43FN4O4. The van der Waals surface area contributed by atoms with E-state index in [0.29, 0.717) is 66.3 Å². The Bertz CT molecular complexity index is 1330. The monoisotopic (exact) mass is 590 g/mol. The van der Waals surface area contributed by atoms with Crippen molar-refractivity contribution >= 4 is 17.6 Å². The van der Waals surface area contributed by atoms with Gasteiger partial charge in [0.15, 0.2) is 0 Å². The van der Waals surface area contributed by atoms with Gasteiger partial charge in [-0.25, -0.2) is 9.18 Å². The highest BCUT2D eigenvalue weighted by Gasteiger charge is 2.23. The van der Waals surface area contributed by atoms with Crippen molar-refractivity contribution < 1.29 is 23.5 Å². The molecule has 3 amide bonds. The van der Waals surface area contributed by atoms with Gasteiger partial charge in [-0.3, -0.25) is 9.69 Å². The highest BCUT2D eigenvalue weighted by Crippen LogP contribution is 2.33. The minimum atomic E-state index is -0.361. The van der Waals surface area contributed by atoms with Gasteiger partial charge in [-0.2, -0.15) is 0 Å². The van der Waals surface area contributed by atoms with Crippen molar-refractivity contribution in [1.29, 1.82) is 0 Å². The number of hydrogen-bond acceptors (Lipinski definition) is 5. The predicted molar refractivity (Wildman–Crippen MR) is 168 cm³/mol. The lowest BCUT2D eigenvalue weighted by molar-refractivity contribution is 0.0773. The molecule has 1 aliphatic heterocycles. The van der Waals surface area contributed by atoms with Crippen molar-refractivity contribution in [3.05, 3.63) is 78.1 Å². The number of nitrogens with one attached hydrogen (secondary N) is 1. The molecule has 1 N–H and O–H groups in total. The summed E-state index contributed by atoms with van der Waals surface area (Å²) in [5, 5.41) is 3.00. The third-order valence-electron chi connectivity index (χ3n) is 7.90. The topological polar surface area (TPSA) is 74.4 Å². The van der Waals surface area contributed by atoms with Gasteiger partial charge in [-0.05, 0) is 68.3 Å². The highest BCUT2D eigenvalue weighted by molar-refractivity contribution is 5.94. The smallest absolute Gasteiger partial charge is 0.321 e. The molecule has 0 spiro atoms. The lowest BCUT2D eigenvalue weighted by atomic mass is 10.0. The van der Waals surface area contributed by atoms with Crippen LogP contribution in [0.25, 0.3) is 0 Å². The number of halogens is 1. The molecule has 0 atom stereocenters. The maximum atomic E-state index is 13.4. The number of carbonyl (C=O) groups is 2. The maximum Gasteiger partial charge on any atom is 0.321 e. The van der Waals surface area contributed by atoms with E-state index in [0.717, 1.165) is 32.5 Å². The van der Waals surface area contributed by atoms with Crippen LogP contribution in [-0.2, 0) is 0 Å². The first-order valence-corrected chi connectivity index (χ1v) is 15.3. The van der Waals surface area contributed by atoms with Crippen molar-refractivity contribution in [2.45, 2.75) is 40.5 Å². The van der Waals surface area contributed by atoms with Crippen molar-refractivity contribution in [2.24, 2.45) is 5.92 Å². The van der Waals surface area contributed by atoms with Gasteiger partial charge in [-0.15, -0.1) is 0 Å². The number of anilines is 1. The first-order chi connectivity index (χ1) is 20.8. The Morgan fingerprint density at radius 1 is 0.791 bits per heavy atom. The summed E-state index contributed by atoms with van der Waals surface area (Å²) >= 11 is 0. The molecule has 9 heteroatoms. The van der Waals surface area contributed by atoms with Crippen LogP contribution in [0.2, 0.25) is 0 Å². The van der Waals surface area contributed by atoms with Crippen LogP contribution in [0.5, 0.6) is 23.0 Å². The van der Waals surface area contributed by atoms with E-state index in [4.69, 9.17) is 9.47 Å². The Hall–Kier alpha value is -4.11. The van der Waals surface area contributed by atoms with Gasteiger partial charge in [0.2, 0.25) is 0 Å². The second kappa shape index (κ2) is 15.4. The number of carbonyl (C=O) groups excluding carboxylic acids is 2. The van der Waals surface area contributed by atoms with Crippen LogP contribution in [0.3, 0.4) is 0 Å². The van der Waals surface area contributed by atoms with E-state index in [2.05, 4.69) is 24.1 Å². The van der Waals surface area contributed by atoms with Gasteiger partial charge in [0.05, 0.1) is 0 Å². The maximum absolute atomic E-state index is 13.4. The molecule has 0 bridgehead atoms. The third-order valence-corrected chi connectivity index (χ3v) is 7.90. The number of piperazine rings is 1. The van der Waals surface area contributed by atoms with Crippen LogP contribution < -0.4 is 14.8 Å². The first kappa shape index (κ1) is 31.8. The van der Waals surface area contributed by atoms with E-state index in [-0.39, 0.29) is 17.8 Å². The van der Waals surface area contributed by atoms with Crippen LogP contribution in [0.4, 0.5) is 14.9 Å². The van der Waals surface area contributed by atoms with Gasteiger partial charge in [0, 0.05) is 75.3 Å². The lowest BCUT2D eigenvalue weighted by Gasteiger charge is -2.36. The summed E-state index contributed by atoms with van der Waals surface area (Å²) in [4.78, 5) is 31.9. The predicted octanol–water partition coefficient (Wildman–Crippen LogP) is 7.48. The molecule has 4 rings (SSSR count). The van der Waals surface area contributed by atoms with E-state index in [9.17, 15) is 14.0 Å². The quantitative estimate of drug-likeness (QED) is 0.237. The molecule has 1 saturated heterocycles. The van der Waals surface area contributed by atoms with Crippen molar-refractivity contribution in [2.75, 3.05) is 51.1 Å². The summed E-state index contributed by atoms with van der Waals surface area (Å²) in [5.74, 6) is 2.12. The summed E-state index contributed by atoms with van der Waals surface area (Å²) in [6.45, 7) is 13.7. The Morgan fingerprint density at radius 2 is 1.33 bits per heavy atom. The van der Waals surface area contributed by atoms with Crippen molar-refractivity contribution in [3.8, 4) is 23.0 Å². The molecule has 1 fully saturated rings. The molecule has 3 aromatic carbocycles. The van der Waals surface area contributed by atoms with Gasteiger partial charge in [0.1, 0.15) is 28.8 Å². The Labute approximate surface area is 254 Å². The largest absolute Gasteiger partial charge is 0.457 e. The van der Waals surface area contributed by atoms with E-state index in [1.165, 1.54) is 24.3 Å². The fraction of sp³-hybridized carbons (Fsp3) is 0.412. The van der Waals surface area contributed by atoms with Crippen LogP contribution >= 0.6 is 0 Å². The number of nitrogens with zero attached hydrogens (tertiary/aromatic N) is 3. The zero-order valence-corrected chi connectivity index (χ0v) is 25.6. The Balaban J connectivity index is 1.48. The second-order valence-electron chi connectivity index (χ2n) is 10.8. The standard InChI is InChI=1S/C34H43FN4O4/c1-5-25(6-2)24-37-17-19-39(20-18-37)34(41)36-28-21-31(23-32(22-28)43-30-15-11-27(35)12-16-30)42-29-13-9-26(10-14-29)33(40)38(7-3)8-4/h9-16,21-23,25H,5-8,17-20,24H2,1-4H3,(H,36,41). The minimum Gasteiger partial charge on any atom is -0.457 e. The molecule has 0 saturated carbocycles. The van der Waals surface area contributed by atoms with E-state index < -0.39 is 0 Å². The molecular weight excluding hydrogens is 547 g/mol. The second-order valence-corrected chi connectivity index (χ2v) is 10.8. The van der Waals surface area contributed by atoms with E-state index in [1.807, 2.05) is 18.7 Å². The summed E-state index contributed by atoms with van der Waals surface area (Å²) in [6.07, 6.45) is 2.33. The minimum absolute atomic E-state index is 0.0346. The number of urea groups is 1. The van der Waals surface area contributed by atoms with Gasteiger partial charge >= 0.3 is 6.03 Å². The van der Waals surface area contributed by atoms with Gasteiger partial charge in [-0.1, -0.05) is 26.7 Å². The molecule has 1 aliphatic rings. The zero-order valence-electron chi connectivity index (χ0n) is 25.6. The number of amides is 3. The molecule has 3 aromatic rings. The summed E-state index contributed by atoms with van der Waals surface area (Å²) in [5.41, 5.74) is 1.09. The summed E-state index contributed by atoms with van der Waals surface area (Å²) < 4.78 is 25.6. The average molecular weight is 591 g/mol. The van der Waals surface area contributed by atoms with Gasteiger partial charge in [0.25, 0.3) is 5.91 Å². The summed E-state index contributed by atoms with van der Waals surface area (Å²) in [6, 6.07) is 17.6. The Morgan fingerprint density at radius 3 is 1.84 bits per heavy atom. The third kappa shape index (κ3) is 8.94. The summed E-state index contributed by atoms with van der Waals surface area (Å²) in [7, 11) is 0.